The molecule has 1 aliphatic rings. The first-order valence-electron chi connectivity index (χ1n) is 6.07. The van der Waals surface area contributed by atoms with Crippen molar-refractivity contribution >= 4 is 44.2 Å². The van der Waals surface area contributed by atoms with Crippen LogP contribution in [0.25, 0.3) is 0 Å². The maximum atomic E-state index is 5.72. The van der Waals surface area contributed by atoms with E-state index in [2.05, 4.69) is 20.9 Å². The molecule has 2 heterocycles. The molecular weight excluding hydrogens is 360 g/mol. The quantitative estimate of drug-likeness (QED) is 0.828. The first kappa shape index (κ1) is 14.0. The lowest BCUT2D eigenvalue weighted by atomic mass is 10.2. The van der Waals surface area contributed by atoms with Gasteiger partial charge in [-0.25, -0.2) is 4.98 Å². The van der Waals surface area contributed by atoms with Crippen molar-refractivity contribution < 1.29 is 9.47 Å². The average molecular weight is 373 g/mol. The van der Waals surface area contributed by atoms with Gasteiger partial charge in [0, 0.05) is 10.2 Å². The van der Waals surface area contributed by atoms with Gasteiger partial charge in [-0.2, -0.15) is 0 Å². The zero-order valence-corrected chi connectivity index (χ0v) is 14.0. The molecule has 1 aromatic heterocycles. The molecule has 0 saturated carbocycles. The molecular formula is C13H13BrN2O2S2. The fourth-order valence-corrected chi connectivity index (χ4v) is 4.56. The Morgan fingerprint density at radius 1 is 1.35 bits per heavy atom. The van der Waals surface area contributed by atoms with E-state index in [0.717, 1.165) is 31.6 Å². The fourth-order valence-electron chi connectivity index (χ4n) is 1.90. The highest BCUT2D eigenvalue weighted by Crippen LogP contribution is 2.39. The van der Waals surface area contributed by atoms with Crippen LogP contribution in [0.1, 0.15) is 11.3 Å². The van der Waals surface area contributed by atoms with Crippen molar-refractivity contribution in [3.05, 3.63) is 27.9 Å². The minimum atomic E-state index is 0.603. The number of halogens is 1. The van der Waals surface area contributed by atoms with Crippen LogP contribution in [-0.4, -0.2) is 18.2 Å². The van der Waals surface area contributed by atoms with E-state index < -0.39 is 0 Å². The first-order valence-corrected chi connectivity index (χ1v) is 8.66. The SMILES string of the molecule is Cc1nc(N)sc1SCc1cc2c(cc1Br)OCCO2. The van der Waals surface area contributed by atoms with Gasteiger partial charge in [0.05, 0.1) is 9.90 Å². The van der Waals surface area contributed by atoms with Crippen LogP contribution in [-0.2, 0) is 5.75 Å². The number of rotatable bonds is 3. The Kier molecular flexibility index (Phi) is 4.09. The number of nitrogens with zero attached hydrogens (tertiary/aromatic N) is 1. The van der Waals surface area contributed by atoms with Crippen LogP contribution in [0.2, 0.25) is 0 Å². The monoisotopic (exact) mass is 372 g/mol. The molecule has 0 unspecified atom stereocenters. The van der Waals surface area contributed by atoms with Crippen molar-refractivity contribution in [3.63, 3.8) is 0 Å². The Balaban J connectivity index is 1.79. The van der Waals surface area contributed by atoms with Gasteiger partial charge in [0.1, 0.15) is 13.2 Å². The van der Waals surface area contributed by atoms with Crippen LogP contribution in [0.3, 0.4) is 0 Å². The Hall–Kier alpha value is -0.920. The van der Waals surface area contributed by atoms with Crippen molar-refractivity contribution in [3.8, 4) is 11.5 Å². The molecule has 0 bridgehead atoms. The molecule has 106 valence electrons. The number of thiazole rings is 1. The lowest BCUT2D eigenvalue weighted by Gasteiger charge is -2.19. The third-order valence-electron chi connectivity index (χ3n) is 2.84. The molecule has 0 saturated heterocycles. The smallest absolute Gasteiger partial charge is 0.181 e. The Labute approximate surface area is 133 Å². The number of nitrogens with two attached hydrogens (primary N) is 1. The van der Waals surface area contributed by atoms with Crippen LogP contribution in [0.5, 0.6) is 11.5 Å². The number of anilines is 1. The van der Waals surface area contributed by atoms with E-state index in [1.165, 1.54) is 16.9 Å². The van der Waals surface area contributed by atoms with E-state index in [-0.39, 0.29) is 0 Å². The molecule has 2 aromatic rings. The summed E-state index contributed by atoms with van der Waals surface area (Å²) < 4.78 is 13.4. The normalized spacial score (nSPS) is 13.5. The second-order valence-electron chi connectivity index (χ2n) is 4.30. The summed E-state index contributed by atoms with van der Waals surface area (Å²) in [6.07, 6.45) is 0. The molecule has 1 aromatic carbocycles. The van der Waals surface area contributed by atoms with Gasteiger partial charge in [0.15, 0.2) is 16.6 Å². The Morgan fingerprint density at radius 2 is 2.05 bits per heavy atom. The van der Waals surface area contributed by atoms with E-state index in [1.807, 2.05) is 19.1 Å². The lowest BCUT2D eigenvalue weighted by molar-refractivity contribution is 0.171. The largest absolute Gasteiger partial charge is 0.486 e. The van der Waals surface area contributed by atoms with Gasteiger partial charge in [-0.15, -0.1) is 11.8 Å². The highest BCUT2D eigenvalue weighted by atomic mass is 79.9. The summed E-state index contributed by atoms with van der Waals surface area (Å²) in [5, 5.41) is 0.617. The van der Waals surface area contributed by atoms with Crippen LogP contribution in [0.4, 0.5) is 5.13 Å². The van der Waals surface area contributed by atoms with Gasteiger partial charge in [-0.05, 0) is 24.6 Å². The van der Waals surface area contributed by atoms with Gasteiger partial charge >= 0.3 is 0 Å². The number of hydrogen-bond donors (Lipinski definition) is 1. The number of nitrogen functional groups attached to an aromatic ring is 1. The van der Waals surface area contributed by atoms with Gasteiger partial charge in [0.25, 0.3) is 0 Å². The average Bonchev–Trinajstić information content (AvgIpc) is 2.74. The summed E-state index contributed by atoms with van der Waals surface area (Å²) >= 11 is 6.85. The number of ether oxygens (including phenoxy) is 2. The van der Waals surface area contributed by atoms with Crippen LogP contribution < -0.4 is 15.2 Å². The standard InChI is InChI=1S/C13H13BrN2O2S2/c1-7-12(20-13(15)16-7)19-6-8-4-10-11(5-9(8)14)18-3-2-17-10/h4-5H,2-3,6H2,1H3,(H2,15,16). The molecule has 2 N–H and O–H groups in total. The van der Waals surface area contributed by atoms with Gasteiger partial charge in [-0.3, -0.25) is 0 Å². The molecule has 0 atom stereocenters. The maximum Gasteiger partial charge on any atom is 0.181 e. The van der Waals surface area contributed by atoms with Crippen molar-refractivity contribution in [1.82, 2.24) is 4.98 Å². The minimum absolute atomic E-state index is 0.603. The summed E-state index contributed by atoms with van der Waals surface area (Å²) in [7, 11) is 0. The van der Waals surface area contributed by atoms with E-state index in [0.29, 0.717) is 18.3 Å². The molecule has 1 aliphatic heterocycles. The fraction of sp³-hybridized carbons (Fsp3) is 0.308. The van der Waals surface area contributed by atoms with Crippen molar-refractivity contribution in [2.75, 3.05) is 18.9 Å². The minimum Gasteiger partial charge on any atom is -0.486 e. The van der Waals surface area contributed by atoms with E-state index in [4.69, 9.17) is 15.2 Å². The van der Waals surface area contributed by atoms with Crippen molar-refractivity contribution in [1.29, 1.82) is 0 Å². The van der Waals surface area contributed by atoms with Crippen LogP contribution in [0.15, 0.2) is 20.8 Å². The van der Waals surface area contributed by atoms with Crippen molar-refractivity contribution in [2.45, 2.75) is 16.9 Å². The molecule has 0 spiro atoms. The summed E-state index contributed by atoms with van der Waals surface area (Å²) in [4.78, 5) is 4.24. The Bertz CT molecular complexity index is 646. The molecule has 0 aliphatic carbocycles. The van der Waals surface area contributed by atoms with Gasteiger partial charge < -0.3 is 15.2 Å². The predicted octanol–water partition coefficient (Wildman–Crippen LogP) is 3.86. The van der Waals surface area contributed by atoms with E-state index >= 15 is 0 Å². The molecule has 0 radical (unpaired) electrons. The second-order valence-corrected chi connectivity index (χ2v) is 7.43. The summed E-state index contributed by atoms with van der Waals surface area (Å²) in [5.74, 6) is 2.45. The molecule has 20 heavy (non-hydrogen) atoms. The third-order valence-corrected chi connectivity index (χ3v) is 5.98. The zero-order valence-electron chi connectivity index (χ0n) is 10.8. The van der Waals surface area contributed by atoms with Gasteiger partial charge in [0.2, 0.25) is 0 Å². The highest BCUT2D eigenvalue weighted by Gasteiger charge is 2.15. The number of aryl methyl sites for hydroxylation is 1. The number of hydrogen-bond acceptors (Lipinski definition) is 6. The number of aromatic nitrogens is 1. The molecule has 7 heteroatoms. The molecule has 0 fully saturated rings. The van der Waals surface area contributed by atoms with E-state index in [9.17, 15) is 0 Å². The number of thioether (sulfide) groups is 1. The number of benzene rings is 1. The predicted molar refractivity (Wildman–Crippen MR) is 86.0 cm³/mol. The highest BCUT2D eigenvalue weighted by molar-refractivity contribution is 9.10. The molecule has 4 nitrogen and oxygen atoms in total. The molecule has 3 rings (SSSR count). The zero-order chi connectivity index (χ0) is 14.1. The van der Waals surface area contributed by atoms with E-state index in [1.54, 1.807) is 11.8 Å². The van der Waals surface area contributed by atoms with Gasteiger partial charge in [-0.1, -0.05) is 27.3 Å². The summed E-state index contributed by atoms with van der Waals surface area (Å²) in [6.45, 7) is 3.19. The topological polar surface area (TPSA) is 57.4 Å². The third kappa shape index (κ3) is 2.89. The Morgan fingerprint density at radius 3 is 2.70 bits per heavy atom. The number of fused-ring (bicyclic) bond motifs is 1. The van der Waals surface area contributed by atoms with Crippen LogP contribution in [0, 0.1) is 6.92 Å². The van der Waals surface area contributed by atoms with Crippen molar-refractivity contribution in [2.24, 2.45) is 0 Å². The second kappa shape index (κ2) is 5.83. The maximum absolute atomic E-state index is 5.72. The van der Waals surface area contributed by atoms with Crippen LogP contribution >= 0.6 is 39.0 Å². The lowest BCUT2D eigenvalue weighted by Crippen LogP contribution is -2.15. The molecule has 0 amide bonds. The summed E-state index contributed by atoms with van der Waals surface area (Å²) in [6, 6.07) is 4.00. The first-order chi connectivity index (χ1) is 9.63. The summed E-state index contributed by atoms with van der Waals surface area (Å²) in [5.41, 5.74) is 7.88.